The molecule has 2 N–H and O–H groups in total. The molecule has 5 heteroatoms. The van der Waals surface area contributed by atoms with Gasteiger partial charge in [0.15, 0.2) is 0 Å². The van der Waals surface area contributed by atoms with Gasteiger partial charge in [0.05, 0.1) is 0 Å². The summed E-state index contributed by atoms with van der Waals surface area (Å²) in [5, 5.41) is 13.2. The lowest BCUT2D eigenvalue weighted by Gasteiger charge is -2.25. The Morgan fingerprint density at radius 3 is 2.48 bits per heavy atom. The first-order valence-electron chi connectivity index (χ1n) is 7.26. The van der Waals surface area contributed by atoms with Gasteiger partial charge in [-0.15, -0.1) is 0 Å². The molecule has 2 rings (SSSR count). The molecule has 1 aliphatic rings. The Morgan fingerprint density at radius 1 is 1.29 bits per heavy atom. The fourth-order valence-corrected chi connectivity index (χ4v) is 2.26. The lowest BCUT2D eigenvalue weighted by Crippen LogP contribution is -2.55. The Labute approximate surface area is 125 Å². The lowest BCUT2D eigenvalue weighted by molar-refractivity contribution is -0.149. The van der Waals surface area contributed by atoms with E-state index in [1.807, 2.05) is 39.0 Å². The summed E-state index contributed by atoms with van der Waals surface area (Å²) in [5.41, 5.74) is -1.26. The second-order valence-electron chi connectivity index (χ2n) is 5.91. The van der Waals surface area contributed by atoms with E-state index >= 15 is 0 Å². The summed E-state index contributed by atoms with van der Waals surface area (Å²) in [5.74, 6) is -0.923. The van der Waals surface area contributed by atoms with Gasteiger partial charge in [-0.2, -0.15) is 0 Å². The van der Waals surface area contributed by atoms with Gasteiger partial charge < -0.3 is 15.3 Å². The number of hydrogen-bond donors (Lipinski definition) is 2. The number of nitrogens with zero attached hydrogens (tertiary/aromatic N) is 1. The third kappa shape index (κ3) is 2.93. The summed E-state index contributed by atoms with van der Waals surface area (Å²) in [6.07, 6.45) is 0.109. The van der Waals surface area contributed by atoms with Crippen LogP contribution in [0.4, 0.5) is 5.69 Å². The molecule has 1 aromatic rings. The molecule has 0 bridgehead atoms. The van der Waals surface area contributed by atoms with Crippen LogP contribution in [0, 0.1) is 5.92 Å². The maximum atomic E-state index is 12.4. The Kier molecular flexibility index (Phi) is 4.32. The molecule has 1 aliphatic heterocycles. The van der Waals surface area contributed by atoms with Crippen LogP contribution in [0.3, 0.4) is 0 Å². The zero-order valence-electron chi connectivity index (χ0n) is 12.7. The maximum absolute atomic E-state index is 12.4. The fraction of sp³-hybridized carbons (Fsp3) is 0.500. The minimum absolute atomic E-state index is 0.0971. The predicted octanol–water partition coefficient (Wildman–Crippen LogP) is 1.32. The third-order valence-corrected chi connectivity index (χ3v) is 4.10. The summed E-state index contributed by atoms with van der Waals surface area (Å²) < 4.78 is 0. The second-order valence-corrected chi connectivity index (χ2v) is 5.91. The van der Waals surface area contributed by atoms with Crippen molar-refractivity contribution in [2.45, 2.75) is 38.8 Å². The summed E-state index contributed by atoms with van der Waals surface area (Å²) in [4.78, 5) is 26.2. The van der Waals surface area contributed by atoms with Crippen LogP contribution in [-0.2, 0) is 9.59 Å². The molecule has 2 amide bonds. The van der Waals surface area contributed by atoms with Crippen molar-refractivity contribution in [2.75, 3.05) is 11.4 Å². The molecule has 1 aromatic carbocycles. The van der Waals surface area contributed by atoms with E-state index in [1.165, 1.54) is 4.90 Å². The van der Waals surface area contributed by atoms with Crippen molar-refractivity contribution in [3.05, 3.63) is 30.3 Å². The Morgan fingerprint density at radius 2 is 1.90 bits per heavy atom. The number of amides is 2. The van der Waals surface area contributed by atoms with Crippen LogP contribution >= 0.6 is 0 Å². The van der Waals surface area contributed by atoms with Gasteiger partial charge in [0.2, 0.25) is 5.60 Å². The van der Waals surface area contributed by atoms with Crippen molar-refractivity contribution >= 4 is 17.5 Å². The molecule has 0 aromatic heterocycles. The van der Waals surface area contributed by atoms with Crippen LogP contribution in [0.1, 0.15) is 27.2 Å². The van der Waals surface area contributed by atoms with Gasteiger partial charge in [0.1, 0.15) is 0 Å². The van der Waals surface area contributed by atoms with Crippen LogP contribution < -0.4 is 10.2 Å². The average molecular weight is 290 g/mol. The summed E-state index contributed by atoms with van der Waals surface area (Å²) in [6.45, 7) is 6.15. The molecule has 1 heterocycles. The quantitative estimate of drug-likeness (QED) is 0.822. The average Bonchev–Trinajstić information content (AvgIpc) is 2.77. The number of carbonyl (C=O) groups excluding carboxylic acids is 2. The van der Waals surface area contributed by atoms with Crippen LogP contribution in [0.2, 0.25) is 0 Å². The van der Waals surface area contributed by atoms with Crippen molar-refractivity contribution in [2.24, 2.45) is 5.92 Å². The van der Waals surface area contributed by atoms with E-state index < -0.39 is 17.4 Å². The molecule has 0 aliphatic carbocycles. The van der Waals surface area contributed by atoms with Gasteiger partial charge in [-0.1, -0.05) is 32.0 Å². The molecule has 0 spiro atoms. The molecule has 5 nitrogen and oxygen atoms in total. The largest absolute Gasteiger partial charge is 0.372 e. The van der Waals surface area contributed by atoms with Crippen LogP contribution in [0.25, 0.3) is 0 Å². The van der Waals surface area contributed by atoms with E-state index in [2.05, 4.69) is 5.32 Å². The van der Waals surface area contributed by atoms with Crippen molar-refractivity contribution in [1.82, 2.24) is 5.32 Å². The van der Waals surface area contributed by atoms with Crippen LogP contribution in [0.5, 0.6) is 0 Å². The number of nitrogens with one attached hydrogen (secondary N) is 1. The first-order chi connectivity index (χ1) is 9.86. The molecular formula is C16H22N2O3. The van der Waals surface area contributed by atoms with E-state index in [4.69, 9.17) is 0 Å². The normalized spacial score (nSPS) is 23.5. The van der Waals surface area contributed by atoms with E-state index in [1.54, 1.807) is 12.1 Å². The highest BCUT2D eigenvalue weighted by Crippen LogP contribution is 2.28. The van der Waals surface area contributed by atoms with Gasteiger partial charge in [-0.25, -0.2) is 0 Å². The molecule has 1 saturated heterocycles. The maximum Gasteiger partial charge on any atom is 0.268 e. The van der Waals surface area contributed by atoms with Gasteiger partial charge in [-0.3, -0.25) is 9.59 Å². The molecule has 21 heavy (non-hydrogen) atoms. The topological polar surface area (TPSA) is 69.6 Å². The van der Waals surface area contributed by atoms with Crippen LogP contribution in [0.15, 0.2) is 30.3 Å². The van der Waals surface area contributed by atoms with Gasteiger partial charge in [-0.05, 0) is 25.0 Å². The number of hydrogen-bond acceptors (Lipinski definition) is 3. The Bertz CT molecular complexity index is 530. The highest BCUT2D eigenvalue weighted by Gasteiger charge is 2.51. The minimum atomic E-state index is -1.96. The number of rotatable bonds is 4. The zero-order valence-corrected chi connectivity index (χ0v) is 12.7. The van der Waals surface area contributed by atoms with Gasteiger partial charge >= 0.3 is 0 Å². The standard InChI is InChI=1S/C16H22N2O3/c1-11(2)12(3)17-14(19)16(21)9-10-18(15(16)20)13-7-5-4-6-8-13/h4-8,11-12,21H,9-10H2,1-3H3,(H,17,19). The molecular weight excluding hydrogens is 268 g/mol. The fourth-order valence-electron chi connectivity index (χ4n) is 2.26. The molecule has 0 saturated carbocycles. The van der Waals surface area contributed by atoms with E-state index in [9.17, 15) is 14.7 Å². The third-order valence-electron chi connectivity index (χ3n) is 4.10. The number of benzene rings is 1. The van der Waals surface area contributed by atoms with Crippen molar-refractivity contribution in [3.8, 4) is 0 Å². The van der Waals surface area contributed by atoms with Crippen LogP contribution in [-0.4, -0.2) is 35.1 Å². The van der Waals surface area contributed by atoms with Gasteiger partial charge in [0, 0.05) is 24.7 Å². The SMILES string of the molecule is CC(C)C(C)NC(=O)C1(O)CCN(c2ccccc2)C1=O. The number of carbonyl (C=O) groups is 2. The smallest absolute Gasteiger partial charge is 0.268 e. The molecule has 2 unspecified atom stereocenters. The van der Waals surface area contributed by atoms with E-state index in [0.717, 1.165) is 0 Å². The first-order valence-corrected chi connectivity index (χ1v) is 7.26. The van der Waals surface area contributed by atoms with E-state index in [0.29, 0.717) is 12.2 Å². The first kappa shape index (κ1) is 15.5. The Hall–Kier alpha value is -1.88. The second kappa shape index (κ2) is 5.85. The summed E-state index contributed by atoms with van der Waals surface area (Å²) in [7, 11) is 0. The predicted molar refractivity (Wildman–Crippen MR) is 80.8 cm³/mol. The highest BCUT2D eigenvalue weighted by atomic mass is 16.3. The van der Waals surface area contributed by atoms with E-state index in [-0.39, 0.29) is 18.4 Å². The molecule has 2 atom stereocenters. The molecule has 1 fully saturated rings. The number of para-hydroxylation sites is 1. The lowest BCUT2D eigenvalue weighted by atomic mass is 9.99. The van der Waals surface area contributed by atoms with Gasteiger partial charge in [0.25, 0.3) is 11.8 Å². The van der Waals surface area contributed by atoms with Crippen molar-refractivity contribution in [1.29, 1.82) is 0 Å². The number of anilines is 1. The Balaban J connectivity index is 2.14. The van der Waals surface area contributed by atoms with Crippen molar-refractivity contribution < 1.29 is 14.7 Å². The monoisotopic (exact) mass is 290 g/mol. The minimum Gasteiger partial charge on any atom is -0.372 e. The highest BCUT2D eigenvalue weighted by molar-refractivity contribution is 6.16. The molecule has 114 valence electrons. The summed E-state index contributed by atoms with van der Waals surface area (Å²) in [6, 6.07) is 8.98. The molecule has 0 radical (unpaired) electrons. The van der Waals surface area contributed by atoms with Crippen molar-refractivity contribution in [3.63, 3.8) is 0 Å². The summed E-state index contributed by atoms with van der Waals surface area (Å²) >= 11 is 0. The zero-order chi connectivity index (χ0) is 15.6. The number of aliphatic hydroxyl groups is 1.